The molecule has 2 heterocycles. The van der Waals surface area contributed by atoms with Gasteiger partial charge in [0.1, 0.15) is 6.04 Å². The summed E-state index contributed by atoms with van der Waals surface area (Å²) in [4.78, 5) is 26.3. The van der Waals surface area contributed by atoms with Gasteiger partial charge in [-0.2, -0.15) is 11.8 Å². The zero-order chi connectivity index (χ0) is 15.4. The molecule has 2 rings (SSSR count). The Morgan fingerprint density at radius 1 is 1.48 bits per heavy atom. The summed E-state index contributed by atoms with van der Waals surface area (Å²) in [6.07, 6.45) is 0. The molecule has 1 aromatic heterocycles. The van der Waals surface area contributed by atoms with Crippen LogP contribution in [-0.4, -0.2) is 46.1 Å². The van der Waals surface area contributed by atoms with E-state index in [9.17, 15) is 14.7 Å². The molecule has 0 spiro atoms. The molecule has 0 saturated carbocycles. The second kappa shape index (κ2) is 7.17. The number of thioether (sulfide) groups is 1. The smallest absolute Gasteiger partial charge is 0.327 e. The summed E-state index contributed by atoms with van der Waals surface area (Å²) in [5.41, 5.74) is 0. The van der Waals surface area contributed by atoms with Crippen molar-refractivity contribution in [1.82, 2.24) is 10.2 Å². The Hall–Kier alpha value is -1.21. The van der Waals surface area contributed by atoms with Crippen LogP contribution in [0.1, 0.15) is 24.8 Å². The zero-order valence-corrected chi connectivity index (χ0v) is 13.7. The van der Waals surface area contributed by atoms with Crippen LogP contribution in [0.3, 0.4) is 0 Å². The molecule has 2 amide bonds. The van der Waals surface area contributed by atoms with Gasteiger partial charge in [-0.25, -0.2) is 9.59 Å². The maximum Gasteiger partial charge on any atom is 0.327 e. The van der Waals surface area contributed by atoms with Gasteiger partial charge in [0.15, 0.2) is 0 Å². The molecule has 0 aliphatic carbocycles. The maximum atomic E-state index is 12.5. The normalized spacial score (nSPS) is 20.3. The first-order valence-electron chi connectivity index (χ1n) is 6.91. The highest BCUT2D eigenvalue weighted by atomic mass is 32.2. The highest BCUT2D eigenvalue weighted by molar-refractivity contribution is 7.99. The summed E-state index contributed by atoms with van der Waals surface area (Å²) in [7, 11) is 0. The van der Waals surface area contributed by atoms with E-state index in [4.69, 9.17) is 0 Å². The van der Waals surface area contributed by atoms with E-state index in [-0.39, 0.29) is 18.0 Å². The zero-order valence-electron chi connectivity index (χ0n) is 12.1. The molecule has 0 bridgehead atoms. The van der Waals surface area contributed by atoms with Gasteiger partial charge in [-0.3, -0.25) is 0 Å². The van der Waals surface area contributed by atoms with Gasteiger partial charge in [0.25, 0.3) is 0 Å². The van der Waals surface area contributed by atoms with Crippen LogP contribution >= 0.6 is 23.1 Å². The summed E-state index contributed by atoms with van der Waals surface area (Å²) in [6, 6.07) is 2.85. The molecule has 21 heavy (non-hydrogen) atoms. The molecule has 1 fully saturated rings. The molecule has 2 unspecified atom stereocenters. The molecule has 0 aromatic carbocycles. The van der Waals surface area contributed by atoms with Gasteiger partial charge in [0.2, 0.25) is 0 Å². The molecule has 1 aliphatic rings. The standard InChI is InChI=1S/C14H20N2O3S2/c1-9(2)12(11-4-3-6-21-11)15-14(19)16-5-7-20-8-10(16)13(17)18/h3-4,6,9-10,12H,5,7-8H2,1-2H3,(H,15,19)(H,17,18). The van der Waals surface area contributed by atoms with Crippen molar-refractivity contribution < 1.29 is 14.7 Å². The van der Waals surface area contributed by atoms with E-state index >= 15 is 0 Å². The third-order valence-corrected chi connectivity index (χ3v) is 5.45. The molecular weight excluding hydrogens is 308 g/mol. The predicted molar refractivity (Wildman–Crippen MR) is 85.9 cm³/mol. The topological polar surface area (TPSA) is 69.6 Å². The molecule has 2 atom stereocenters. The van der Waals surface area contributed by atoms with E-state index in [0.29, 0.717) is 12.3 Å². The van der Waals surface area contributed by atoms with Gasteiger partial charge in [0.05, 0.1) is 6.04 Å². The van der Waals surface area contributed by atoms with Crippen molar-refractivity contribution in [2.45, 2.75) is 25.9 Å². The third kappa shape index (κ3) is 3.91. The largest absolute Gasteiger partial charge is 0.480 e. The van der Waals surface area contributed by atoms with Crippen molar-refractivity contribution in [1.29, 1.82) is 0 Å². The average Bonchev–Trinajstić information content (AvgIpc) is 2.97. The van der Waals surface area contributed by atoms with Gasteiger partial charge in [-0.1, -0.05) is 19.9 Å². The molecule has 1 saturated heterocycles. The Morgan fingerprint density at radius 2 is 2.24 bits per heavy atom. The van der Waals surface area contributed by atoms with Crippen LogP contribution in [-0.2, 0) is 4.79 Å². The van der Waals surface area contributed by atoms with Crippen molar-refractivity contribution in [2.24, 2.45) is 5.92 Å². The lowest BCUT2D eigenvalue weighted by atomic mass is 10.0. The Balaban J connectivity index is 2.09. The summed E-state index contributed by atoms with van der Waals surface area (Å²) < 4.78 is 0. The number of carbonyl (C=O) groups excluding carboxylic acids is 1. The molecule has 1 aliphatic heterocycles. The van der Waals surface area contributed by atoms with Crippen molar-refractivity contribution in [2.75, 3.05) is 18.1 Å². The van der Waals surface area contributed by atoms with E-state index in [1.807, 2.05) is 31.4 Å². The van der Waals surface area contributed by atoms with Crippen molar-refractivity contribution >= 4 is 35.1 Å². The van der Waals surface area contributed by atoms with Crippen LogP contribution in [0.4, 0.5) is 4.79 Å². The number of carbonyl (C=O) groups is 2. The van der Waals surface area contributed by atoms with Crippen molar-refractivity contribution in [3.63, 3.8) is 0 Å². The second-order valence-corrected chi connectivity index (χ2v) is 7.44. The number of carboxylic acids is 1. The third-order valence-electron chi connectivity index (χ3n) is 3.47. The van der Waals surface area contributed by atoms with Crippen molar-refractivity contribution in [3.8, 4) is 0 Å². The van der Waals surface area contributed by atoms with Crippen LogP contribution in [0.15, 0.2) is 17.5 Å². The van der Waals surface area contributed by atoms with E-state index in [1.165, 1.54) is 4.90 Å². The van der Waals surface area contributed by atoms with Crippen LogP contribution in [0.25, 0.3) is 0 Å². The first-order chi connectivity index (χ1) is 10.0. The fourth-order valence-corrected chi connectivity index (χ4v) is 4.29. The lowest BCUT2D eigenvalue weighted by Gasteiger charge is -2.34. The number of aliphatic carboxylic acids is 1. The number of hydrogen-bond acceptors (Lipinski definition) is 4. The van der Waals surface area contributed by atoms with Crippen molar-refractivity contribution in [3.05, 3.63) is 22.4 Å². The number of carboxylic acid groups (broad SMARTS) is 1. The molecular formula is C14H20N2O3S2. The Morgan fingerprint density at radius 3 is 2.81 bits per heavy atom. The van der Waals surface area contributed by atoms with E-state index in [2.05, 4.69) is 5.32 Å². The number of hydrogen-bond donors (Lipinski definition) is 2. The fourth-order valence-electron chi connectivity index (χ4n) is 2.30. The van der Waals surface area contributed by atoms with Crippen LogP contribution in [0.5, 0.6) is 0 Å². The SMILES string of the molecule is CC(C)C(NC(=O)N1CCSCC1C(=O)O)c1cccs1. The molecule has 2 N–H and O–H groups in total. The lowest BCUT2D eigenvalue weighted by molar-refractivity contribution is -0.141. The first kappa shape index (κ1) is 16.2. The lowest BCUT2D eigenvalue weighted by Crippen LogP contribution is -2.54. The average molecular weight is 328 g/mol. The van der Waals surface area contributed by atoms with Gasteiger partial charge < -0.3 is 15.3 Å². The van der Waals surface area contributed by atoms with Gasteiger partial charge in [-0.05, 0) is 17.4 Å². The van der Waals surface area contributed by atoms with Gasteiger partial charge >= 0.3 is 12.0 Å². The number of nitrogens with one attached hydrogen (secondary N) is 1. The fraction of sp³-hybridized carbons (Fsp3) is 0.571. The van der Waals surface area contributed by atoms with E-state index in [1.54, 1.807) is 23.1 Å². The van der Waals surface area contributed by atoms with Crippen LogP contribution in [0.2, 0.25) is 0 Å². The Kier molecular flexibility index (Phi) is 5.52. The van der Waals surface area contributed by atoms with Crippen LogP contribution < -0.4 is 5.32 Å². The molecule has 1 aromatic rings. The quantitative estimate of drug-likeness (QED) is 0.891. The second-order valence-electron chi connectivity index (χ2n) is 5.31. The highest BCUT2D eigenvalue weighted by Gasteiger charge is 2.33. The van der Waals surface area contributed by atoms with Gasteiger partial charge in [0, 0.05) is 22.9 Å². The number of thiophene rings is 1. The Bertz CT molecular complexity index is 490. The molecule has 5 nitrogen and oxygen atoms in total. The minimum absolute atomic E-state index is 0.0819. The summed E-state index contributed by atoms with van der Waals surface area (Å²) in [6.45, 7) is 4.57. The number of rotatable bonds is 4. The molecule has 0 radical (unpaired) electrons. The first-order valence-corrected chi connectivity index (χ1v) is 8.95. The monoisotopic (exact) mass is 328 g/mol. The maximum absolute atomic E-state index is 12.5. The predicted octanol–water partition coefficient (Wildman–Crippen LogP) is 2.66. The number of amides is 2. The minimum Gasteiger partial charge on any atom is -0.480 e. The molecule has 7 heteroatoms. The number of urea groups is 1. The van der Waals surface area contributed by atoms with Gasteiger partial charge in [-0.15, -0.1) is 11.3 Å². The number of nitrogens with zero attached hydrogens (tertiary/aromatic N) is 1. The minimum atomic E-state index is -0.936. The van der Waals surface area contributed by atoms with E-state index in [0.717, 1.165) is 10.6 Å². The highest BCUT2D eigenvalue weighted by Crippen LogP contribution is 2.26. The molecule has 116 valence electrons. The Labute approximate surface area is 132 Å². The summed E-state index contributed by atoms with van der Waals surface area (Å²) >= 11 is 3.18. The van der Waals surface area contributed by atoms with Crippen LogP contribution in [0, 0.1) is 5.92 Å². The summed E-state index contributed by atoms with van der Waals surface area (Å²) in [5, 5.41) is 14.2. The van der Waals surface area contributed by atoms with E-state index < -0.39 is 12.0 Å². The summed E-state index contributed by atoms with van der Waals surface area (Å²) in [5.74, 6) is 0.543.